The highest BCUT2D eigenvalue weighted by molar-refractivity contribution is 9.10. The number of nitrogen functional groups attached to an aromatic ring is 1. The fraction of sp³-hybridized carbons (Fsp3) is 0. The van der Waals surface area contributed by atoms with Gasteiger partial charge in [-0.25, -0.2) is 4.98 Å². The molecular formula is C5H4BrN5. The molecule has 0 amide bonds. The Morgan fingerprint density at radius 2 is 2.27 bits per heavy atom. The smallest absolute Gasteiger partial charge is 0.256 e. The molecule has 0 unspecified atom stereocenters. The van der Waals surface area contributed by atoms with Crippen molar-refractivity contribution in [1.29, 1.82) is 0 Å². The minimum Gasteiger partial charge on any atom is -0.368 e. The summed E-state index contributed by atoms with van der Waals surface area (Å²) in [4.78, 5) is 3.96. The molecule has 0 atom stereocenters. The first-order valence-corrected chi connectivity index (χ1v) is 3.68. The van der Waals surface area contributed by atoms with Gasteiger partial charge in [-0.15, -0.1) is 10.2 Å². The summed E-state index contributed by atoms with van der Waals surface area (Å²) in [5.41, 5.74) is 5.47. The maximum Gasteiger partial charge on any atom is 0.256 e. The number of hydrogen-bond acceptors (Lipinski definition) is 4. The van der Waals surface area contributed by atoms with Crippen molar-refractivity contribution >= 4 is 27.7 Å². The third kappa shape index (κ3) is 0.949. The maximum atomic E-state index is 5.47. The van der Waals surface area contributed by atoms with Crippen LogP contribution in [-0.2, 0) is 0 Å². The average molecular weight is 214 g/mol. The molecule has 0 aromatic carbocycles. The highest BCUT2D eigenvalue weighted by atomic mass is 79.9. The zero-order valence-electron chi connectivity index (χ0n) is 5.40. The van der Waals surface area contributed by atoms with Crippen LogP contribution in [0.4, 0.5) is 5.95 Å². The lowest BCUT2D eigenvalue weighted by molar-refractivity contribution is 1.09. The second-order valence-electron chi connectivity index (χ2n) is 2.00. The van der Waals surface area contributed by atoms with Crippen LogP contribution in [0.15, 0.2) is 16.9 Å². The number of halogens is 1. The molecule has 0 aliphatic rings. The minimum absolute atomic E-state index is 0.341. The molecule has 6 heteroatoms. The van der Waals surface area contributed by atoms with E-state index in [-0.39, 0.29) is 0 Å². The lowest BCUT2D eigenvalue weighted by atomic mass is 10.7. The van der Waals surface area contributed by atoms with Crippen molar-refractivity contribution in [3.05, 3.63) is 16.9 Å². The van der Waals surface area contributed by atoms with Crippen LogP contribution in [0.2, 0.25) is 0 Å². The van der Waals surface area contributed by atoms with E-state index in [0.717, 1.165) is 4.47 Å². The van der Waals surface area contributed by atoms with Crippen LogP contribution in [-0.4, -0.2) is 19.6 Å². The minimum atomic E-state index is 0.341. The van der Waals surface area contributed by atoms with E-state index in [1.54, 1.807) is 16.8 Å². The van der Waals surface area contributed by atoms with Crippen LogP contribution in [0.3, 0.4) is 0 Å². The van der Waals surface area contributed by atoms with Crippen molar-refractivity contribution in [2.24, 2.45) is 0 Å². The molecule has 0 spiro atoms. The van der Waals surface area contributed by atoms with Gasteiger partial charge >= 0.3 is 0 Å². The first-order chi connectivity index (χ1) is 5.27. The van der Waals surface area contributed by atoms with Crippen molar-refractivity contribution in [2.75, 3.05) is 5.73 Å². The number of anilines is 1. The summed E-state index contributed by atoms with van der Waals surface area (Å²) in [5.74, 6) is 0.847. The van der Waals surface area contributed by atoms with Crippen molar-refractivity contribution in [1.82, 2.24) is 19.6 Å². The van der Waals surface area contributed by atoms with E-state index in [1.165, 1.54) is 0 Å². The number of nitrogens with zero attached hydrogens (tertiary/aromatic N) is 4. The second kappa shape index (κ2) is 2.16. The number of nitrogens with two attached hydrogens (primary N) is 1. The topological polar surface area (TPSA) is 69.1 Å². The molecule has 0 fully saturated rings. The Bertz CT molecular complexity index is 395. The van der Waals surface area contributed by atoms with Crippen LogP contribution in [0.5, 0.6) is 0 Å². The summed E-state index contributed by atoms with van der Waals surface area (Å²) in [6.45, 7) is 0. The van der Waals surface area contributed by atoms with Crippen LogP contribution >= 0.6 is 15.9 Å². The summed E-state index contributed by atoms with van der Waals surface area (Å²) in [7, 11) is 0. The predicted octanol–water partition coefficient (Wildman–Crippen LogP) is 0.469. The standard InChI is InChI=1S/C5H4BrN5/c6-3-1-8-5-10-9-4(7)11(5)2-3/h1-2H,(H2,7,9). The predicted molar refractivity (Wildman–Crippen MR) is 42.9 cm³/mol. The lowest BCUT2D eigenvalue weighted by Crippen LogP contribution is -1.94. The number of rotatable bonds is 0. The van der Waals surface area contributed by atoms with Gasteiger partial charge in [-0.1, -0.05) is 0 Å². The Labute approximate surface area is 70.4 Å². The largest absolute Gasteiger partial charge is 0.368 e. The van der Waals surface area contributed by atoms with Gasteiger partial charge in [0, 0.05) is 12.4 Å². The molecule has 0 aliphatic heterocycles. The highest BCUT2D eigenvalue weighted by Gasteiger charge is 2.00. The van der Waals surface area contributed by atoms with Crippen LogP contribution in [0, 0.1) is 0 Å². The van der Waals surface area contributed by atoms with E-state index in [9.17, 15) is 0 Å². The molecule has 0 saturated heterocycles. The van der Waals surface area contributed by atoms with Gasteiger partial charge < -0.3 is 5.73 Å². The summed E-state index contributed by atoms with van der Waals surface area (Å²) in [6.07, 6.45) is 3.40. The van der Waals surface area contributed by atoms with Crippen LogP contribution in [0.1, 0.15) is 0 Å². The third-order valence-corrected chi connectivity index (χ3v) is 1.67. The van der Waals surface area contributed by atoms with Crippen LogP contribution in [0.25, 0.3) is 5.78 Å². The first kappa shape index (κ1) is 6.53. The monoisotopic (exact) mass is 213 g/mol. The van der Waals surface area contributed by atoms with Gasteiger partial charge in [-0.05, 0) is 15.9 Å². The van der Waals surface area contributed by atoms with Crippen molar-refractivity contribution < 1.29 is 0 Å². The van der Waals surface area contributed by atoms with E-state index in [0.29, 0.717) is 11.7 Å². The molecule has 0 bridgehead atoms. The van der Waals surface area contributed by atoms with Crippen molar-refractivity contribution in [3.63, 3.8) is 0 Å². The van der Waals surface area contributed by atoms with Gasteiger partial charge in [0.15, 0.2) is 0 Å². The van der Waals surface area contributed by atoms with Gasteiger partial charge in [0.25, 0.3) is 5.78 Å². The van der Waals surface area contributed by atoms with E-state index in [1.807, 2.05) is 0 Å². The SMILES string of the molecule is Nc1nnc2ncc(Br)cn12. The Hall–Kier alpha value is -1.17. The average Bonchev–Trinajstić information content (AvgIpc) is 2.33. The molecular weight excluding hydrogens is 210 g/mol. The Morgan fingerprint density at radius 1 is 1.45 bits per heavy atom. The normalized spacial score (nSPS) is 10.6. The molecule has 2 aromatic heterocycles. The molecule has 0 radical (unpaired) electrons. The Kier molecular flexibility index (Phi) is 1.28. The maximum absolute atomic E-state index is 5.47. The third-order valence-electron chi connectivity index (χ3n) is 1.26. The zero-order chi connectivity index (χ0) is 7.84. The van der Waals surface area contributed by atoms with Crippen LogP contribution < -0.4 is 5.73 Å². The fourth-order valence-corrected chi connectivity index (χ4v) is 1.09. The van der Waals surface area contributed by atoms with Gasteiger partial charge in [0.2, 0.25) is 5.95 Å². The molecule has 2 aromatic rings. The van der Waals surface area contributed by atoms with Gasteiger partial charge in [-0.3, -0.25) is 4.40 Å². The number of aromatic nitrogens is 4. The molecule has 5 nitrogen and oxygen atoms in total. The fourth-order valence-electron chi connectivity index (χ4n) is 0.783. The molecule has 0 aliphatic carbocycles. The summed E-state index contributed by atoms with van der Waals surface area (Å²) >= 11 is 3.26. The lowest BCUT2D eigenvalue weighted by Gasteiger charge is -1.92. The Balaban J connectivity index is 2.87. The van der Waals surface area contributed by atoms with E-state index < -0.39 is 0 Å². The molecule has 11 heavy (non-hydrogen) atoms. The van der Waals surface area contributed by atoms with Gasteiger partial charge in [-0.2, -0.15) is 0 Å². The summed E-state index contributed by atoms with van der Waals surface area (Å²) in [6, 6.07) is 0. The summed E-state index contributed by atoms with van der Waals surface area (Å²) < 4.78 is 2.45. The second-order valence-corrected chi connectivity index (χ2v) is 2.92. The molecule has 2 N–H and O–H groups in total. The van der Waals surface area contributed by atoms with Gasteiger partial charge in [0.05, 0.1) is 4.47 Å². The van der Waals surface area contributed by atoms with E-state index in [4.69, 9.17) is 5.73 Å². The van der Waals surface area contributed by atoms with E-state index >= 15 is 0 Å². The molecule has 0 saturated carbocycles. The van der Waals surface area contributed by atoms with Crippen molar-refractivity contribution in [3.8, 4) is 0 Å². The summed E-state index contributed by atoms with van der Waals surface area (Å²) in [5, 5.41) is 7.36. The number of hydrogen-bond donors (Lipinski definition) is 1. The quantitative estimate of drug-likeness (QED) is 0.691. The highest BCUT2D eigenvalue weighted by Crippen LogP contribution is 2.09. The van der Waals surface area contributed by atoms with E-state index in [2.05, 4.69) is 31.1 Å². The Morgan fingerprint density at radius 3 is 3.09 bits per heavy atom. The molecule has 2 rings (SSSR count). The molecule has 2 heterocycles. The van der Waals surface area contributed by atoms with Crippen molar-refractivity contribution in [2.45, 2.75) is 0 Å². The zero-order valence-corrected chi connectivity index (χ0v) is 6.98. The number of fused-ring (bicyclic) bond motifs is 1. The van der Waals surface area contributed by atoms with Gasteiger partial charge in [0.1, 0.15) is 0 Å². The molecule has 56 valence electrons. The first-order valence-electron chi connectivity index (χ1n) is 2.89.